The number of alkyl halides is 3. The number of sulfonamides is 1. The highest BCUT2D eigenvalue weighted by Crippen LogP contribution is 2.35. The lowest BCUT2D eigenvalue weighted by atomic mass is 10.0. The second-order valence-electron chi connectivity index (χ2n) is 8.06. The van der Waals surface area contributed by atoms with Crippen molar-refractivity contribution in [1.82, 2.24) is 20.6 Å². The third-order valence-electron chi connectivity index (χ3n) is 5.02. The average Bonchev–Trinajstić information content (AvgIpc) is 3.51. The Morgan fingerprint density at radius 2 is 1.47 bits per heavy atom. The summed E-state index contributed by atoms with van der Waals surface area (Å²) in [6, 6.07) is 18.2. The van der Waals surface area contributed by atoms with Crippen molar-refractivity contribution in [3.63, 3.8) is 0 Å². The van der Waals surface area contributed by atoms with E-state index in [1.54, 1.807) is 19.9 Å². The highest BCUT2D eigenvalue weighted by atomic mass is 32.2. The van der Waals surface area contributed by atoms with Gasteiger partial charge in [0.15, 0.2) is 5.82 Å². The van der Waals surface area contributed by atoms with Gasteiger partial charge in [0.05, 0.1) is 15.8 Å². The van der Waals surface area contributed by atoms with Crippen molar-refractivity contribution in [3.8, 4) is 21.6 Å². The van der Waals surface area contributed by atoms with Gasteiger partial charge in [-0.1, -0.05) is 53.7 Å². The van der Waals surface area contributed by atoms with Crippen LogP contribution in [0.1, 0.15) is 25.2 Å². The summed E-state index contributed by atoms with van der Waals surface area (Å²) in [5, 5.41) is 15.4. The minimum atomic E-state index is -5.84. The number of hydrogen-bond acceptors (Lipinski definition) is 8. The lowest BCUT2D eigenvalue weighted by molar-refractivity contribution is -0.0510. The molecule has 0 aliphatic rings. The molecule has 4 aromatic rings. The lowest BCUT2D eigenvalue weighted by Gasteiger charge is -2.12. The molecule has 204 valence electrons. The number of hydrogen-bond donors (Lipinski definition) is 3. The molecule has 0 bridgehead atoms. The van der Waals surface area contributed by atoms with E-state index >= 15 is 0 Å². The van der Waals surface area contributed by atoms with E-state index in [2.05, 4.69) is 49.6 Å². The topological polar surface area (TPSA) is 155 Å². The van der Waals surface area contributed by atoms with Crippen LogP contribution in [0.2, 0.25) is 0 Å². The molecule has 0 aliphatic carbocycles. The van der Waals surface area contributed by atoms with Crippen molar-refractivity contribution in [2.45, 2.75) is 31.0 Å². The predicted molar refractivity (Wildman–Crippen MR) is 137 cm³/mol. The molecule has 0 saturated heterocycles. The van der Waals surface area contributed by atoms with Gasteiger partial charge >= 0.3 is 15.6 Å². The summed E-state index contributed by atoms with van der Waals surface area (Å²) in [6.45, 7) is 3.33. The number of benzene rings is 2. The highest BCUT2D eigenvalue weighted by molar-refractivity contribution is 7.93. The third-order valence-corrected chi connectivity index (χ3v) is 8.31. The number of nitrogens with one attached hydrogen (secondary N) is 2. The zero-order valence-electron chi connectivity index (χ0n) is 19.8. The van der Waals surface area contributed by atoms with Crippen LogP contribution in [-0.4, -0.2) is 52.8 Å². The van der Waals surface area contributed by atoms with Gasteiger partial charge in [-0.25, -0.2) is 8.42 Å². The number of nitrogens with zero attached hydrogens (tertiary/aromatic N) is 3. The van der Waals surface area contributed by atoms with Crippen LogP contribution < -0.4 is 4.72 Å². The third kappa shape index (κ3) is 7.59. The Morgan fingerprint density at radius 3 is 1.95 bits per heavy atom. The Morgan fingerprint density at radius 1 is 0.947 bits per heavy atom. The Bertz CT molecular complexity index is 1550. The van der Waals surface area contributed by atoms with Crippen molar-refractivity contribution < 1.29 is 34.6 Å². The minimum Gasteiger partial charge on any atom is -0.282 e. The van der Waals surface area contributed by atoms with Crippen molar-refractivity contribution in [2.24, 2.45) is 0 Å². The normalized spacial score (nSPS) is 12.2. The van der Waals surface area contributed by atoms with Gasteiger partial charge in [0.2, 0.25) is 10.0 Å². The number of aromatic amines is 1. The molecule has 0 unspecified atom stereocenters. The van der Waals surface area contributed by atoms with Crippen LogP contribution in [-0.2, 0) is 26.6 Å². The number of halogens is 3. The van der Waals surface area contributed by atoms with E-state index in [0.717, 1.165) is 27.1 Å². The highest BCUT2D eigenvalue weighted by Gasteiger charge is 2.44. The molecule has 0 spiro atoms. The van der Waals surface area contributed by atoms with E-state index in [-0.39, 0.29) is 0 Å². The van der Waals surface area contributed by atoms with Gasteiger partial charge in [-0.05, 0) is 47.5 Å². The molecule has 10 nitrogen and oxygen atoms in total. The quantitative estimate of drug-likeness (QED) is 0.206. The molecule has 3 N–H and O–H groups in total. The van der Waals surface area contributed by atoms with Gasteiger partial charge in [-0.15, -0.1) is 21.5 Å². The average molecular weight is 590 g/mol. The second-order valence-corrected chi connectivity index (χ2v) is 12.6. The molecular weight excluding hydrogens is 567 g/mol. The largest absolute Gasteiger partial charge is 0.522 e. The van der Waals surface area contributed by atoms with Gasteiger partial charge in [-0.2, -0.15) is 26.8 Å². The molecule has 2 aromatic heterocycles. The minimum absolute atomic E-state index is 0.490. The fourth-order valence-electron chi connectivity index (χ4n) is 2.95. The van der Waals surface area contributed by atoms with Gasteiger partial charge in [0.25, 0.3) is 0 Å². The molecule has 16 heteroatoms. The molecular formula is C22H22F3N5O5S3. The summed E-state index contributed by atoms with van der Waals surface area (Å²) < 4.78 is 84.7. The van der Waals surface area contributed by atoms with Crippen molar-refractivity contribution >= 4 is 37.2 Å². The first-order valence-electron chi connectivity index (χ1n) is 10.7. The van der Waals surface area contributed by atoms with Gasteiger partial charge in [-0.3, -0.25) is 9.27 Å². The van der Waals surface area contributed by atoms with Gasteiger partial charge < -0.3 is 0 Å². The SMILES string of the molecule is CC(C)S(=O)(=O)Nc1ccsc1-c1ccc(-c2ccc(Cc3nn[nH]n3)cc2)cc1.O=S(=O)(O)C(F)(F)F. The van der Waals surface area contributed by atoms with E-state index in [4.69, 9.17) is 13.0 Å². The first kappa shape index (κ1) is 29.2. The fraction of sp³-hybridized carbons (Fsp3) is 0.227. The zero-order valence-corrected chi connectivity index (χ0v) is 22.3. The van der Waals surface area contributed by atoms with Gasteiger partial charge in [0.1, 0.15) is 0 Å². The van der Waals surface area contributed by atoms with Crippen molar-refractivity contribution in [2.75, 3.05) is 4.72 Å². The zero-order chi connectivity index (χ0) is 28.1. The van der Waals surface area contributed by atoms with Crippen LogP contribution in [0.15, 0.2) is 60.0 Å². The molecule has 38 heavy (non-hydrogen) atoms. The maximum Gasteiger partial charge on any atom is 0.522 e. The Labute approximate surface area is 220 Å². The smallest absolute Gasteiger partial charge is 0.282 e. The standard InChI is InChI=1S/C21H21N5O2S2.CHF3O3S/c1-14(2)30(27,28)24-19-11-12-29-21(19)18-9-7-17(8-10-18)16-5-3-15(4-6-16)13-20-22-25-26-23-20;2-1(3,4)8(5,6)7/h3-12,14,24H,13H2,1-2H3,(H,22,23,25,26);(H,5,6,7). The number of tetrazole rings is 1. The number of thiophene rings is 1. The number of rotatable bonds is 7. The molecule has 0 fully saturated rings. The molecule has 0 amide bonds. The van der Waals surface area contributed by atoms with Crippen LogP contribution in [0.5, 0.6) is 0 Å². The molecule has 0 aliphatic heterocycles. The van der Waals surface area contributed by atoms with E-state index in [1.165, 1.54) is 11.3 Å². The van der Waals surface area contributed by atoms with Crippen LogP contribution in [0.3, 0.4) is 0 Å². The lowest BCUT2D eigenvalue weighted by Crippen LogP contribution is -2.22. The molecule has 0 saturated carbocycles. The van der Waals surface area contributed by atoms with E-state index in [0.29, 0.717) is 17.9 Å². The first-order chi connectivity index (χ1) is 17.7. The summed E-state index contributed by atoms with van der Waals surface area (Å²) in [7, 11) is -9.22. The summed E-state index contributed by atoms with van der Waals surface area (Å²) in [5.41, 5.74) is -0.641. The van der Waals surface area contributed by atoms with Crippen LogP contribution >= 0.6 is 11.3 Å². The summed E-state index contributed by atoms with van der Waals surface area (Å²) in [5.74, 6) is 0.659. The first-order valence-corrected chi connectivity index (χ1v) is 14.6. The van der Waals surface area contributed by atoms with Crippen LogP contribution in [0, 0.1) is 0 Å². The second kappa shape index (κ2) is 11.6. The Kier molecular flexibility index (Phi) is 8.91. The molecule has 0 atom stereocenters. The Balaban J connectivity index is 0.000000436. The summed E-state index contributed by atoms with van der Waals surface area (Å²) in [6.07, 6.45) is 0.628. The molecule has 4 rings (SSSR count). The van der Waals surface area contributed by atoms with E-state index in [1.807, 2.05) is 29.6 Å². The van der Waals surface area contributed by atoms with Crippen LogP contribution in [0.25, 0.3) is 21.6 Å². The molecule has 0 radical (unpaired) electrons. The maximum absolute atomic E-state index is 12.2. The van der Waals surface area contributed by atoms with Crippen LogP contribution in [0.4, 0.5) is 18.9 Å². The van der Waals surface area contributed by atoms with Crippen molar-refractivity contribution in [1.29, 1.82) is 0 Å². The summed E-state index contributed by atoms with van der Waals surface area (Å²) in [4.78, 5) is 0.904. The van der Waals surface area contributed by atoms with Crippen molar-refractivity contribution in [3.05, 3.63) is 71.4 Å². The monoisotopic (exact) mass is 589 g/mol. The van der Waals surface area contributed by atoms with E-state index in [9.17, 15) is 21.6 Å². The number of aromatic nitrogens is 4. The van der Waals surface area contributed by atoms with Gasteiger partial charge in [0, 0.05) is 6.42 Å². The Hall–Kier alpha value is -3.34. The molecule has 2 heterocycles. The molecule has 2 aromatic carbocycles. The number of H-pyrrole nitrogens is 1. The maximum atomic E-state index is 12.2. The predicted octanol–water partition coefficient (Wildman–Crippen LogP) is 4.73. The number of anilines is 1. The summed E-state index contributed by atoms with van der Waals surface area (Å²) >= 11 is 1.51. The fourth-order valence-corrected chi connectivity index (χ4v) is 4.59. The van der Waals surface area contributed by atoms with E-state index < -0.39 is 30.9 Å².